The van der Waals surface area contributed by atoms with Gasteiger partial charge in [-0.3, -0.25) is 29.1 Å². The third-order valence-electron chi connectivity index (χ3n) is 29.6. The number of carbonyl (C=O) groups is 3. The van der Waals surface area contributed by atoms with Crippen LogP contribution in [-0.4, -0.2) is 277 Å². The van der Waals surface area contributed by atoms with Crippen molar-refractivity contribution in [2.24, 2.45) is 0 Å². The molecule has 3 unspecified atom stereocenters. The van der Waals surface area contributed by atoms with Crippen LogP contribution in [0, 0.1) is 19.7 Å². The van der Waals surface area contributed by atoms with Crippen LogP contribution in [0.2, 0.25) is 15.1 Å². The van der Waals surface area contributed by atoms with Gasteiger partial charge in [0, 0.05) is 153 Å². The van der Waals surface area contributed by atoms with E-state index in [-0.39, 0.29) is 55.8 Å². The number of fused-ring (bicyclic) bond motifs is 6. The maximum Gasteiger partial charge on any atom is 0.318 e. The SMILES string of the molecule is [C-]#[N+]C[C@H]1CN(c2nc(OCC3(C)CCCN3C)nc3c2CCN(c2cccc4cccc(Cl)c24)C3)CCN1C(=O)C(=C)F.[C-]#[N+]C[C@H]1CN(c2nc(OCC3(CC)CCCN3C)nc3c2CCN(c2cccc4cccc(Cl)c24)C3)CCN1C(=O)/C=C/CF.[C-]#[N+]C[C@H]1CN(c2nc(OCC3CCN3C3CCCC3)nc3c2CCN(c2cccc4cccc(Cl)c24)C3)CCN1C(=O)C(=C)F. The first-order valence-electron chi connectivity index (χ1n) is 47.6. The first kappa shape index (κ1) is 95.9. The topological polar surface area (TPSA) is 208 Å². The lowest BCUT2D eigenvalue weighted by molar-refractivity contribution is -0.131. The van der Waals surface area contributed by atoms with Gasteiger partial charge < -0.3 is 72.8 Å². The number of rotatable bonds is 24. The molecule has 12 heterocycles. The lowest BCUT2D eigenvalue weighted by Crippen LogP contribution is -2.57. The zero-order valence-corrected chi connectivity index (χ0v) is 80.1. The number of hydrogen-bond acceptors (Lipinski definition) is 21. The fourth-order valence-electron chi connectivity index (χ4n) is 21.8. The number of hydrogen-bond donors (Lipinski definition) is 0. The Balaban J connectivity index is 0.000000142. The second kappa shape index (κ2) is 42.4. The van der Waals surface area contributed by atoms with Crippen LogP contribution in [0.5, 0.6) is 18.0 Å². The molecule has 27 nitrogen and oxygen atoms in total. The van der Waals surface area contributed by atoms with E-state index < -0.39 is 42.2 Å². The summed E-state index contributed by atoms with van der Waals surface area (Å²) in [7, 11) is 4.28. The van der Waals surface area contributed by atoms with Crippen molar-refractivity contribution < 1.29 is 41.8 Å². The summed E-state index contributed by atoms with van der Waals surface area (Å²) in [6.07, 6.45) is 16.2. The highest BCUT2D eigenvalue weighted by atomic mass is 35.5. The number of likely N-dealkylation sites (tertiary alicyclic amines) is 3. The minimum absolute atomic E-state index is 0.0506. The van der Waals surface area contributed by atoms with Crippen LogP contribution in [0.25, 0.3) is 46.9 Å². The molecule has 6 aromatic carbocycles. The summed E-state index contributed by atoms with van der Waals surface area (Å²) in [5.74, 6) is -1.46. The molecule has 33 heteroatoms. The third kappa shape index (κ3) is 20.3. The van der Waals surface area contributed by atoms with Crippen molar-refractivity contribution in [3.05, 3.63) is 229 Å². The van der Waals surface area contributed by atoms with E-state index in [2.05, 4.69) is 166 Å². The van der Waals surface area contributed by atoms with E-state index in [1.54, 1.807) is 4.90 Å². The van der Waals surface area contributed by atoms with Crippen LogP contribution >= 0.6 is 34.8 Å². The van der Waals surface area contributed by atoms with Crippen molar-refractivity contribution in [2.75, 3.05) is 188 Å². The van der Waals surface area contributed by atoms with Gasteiger partial charge in [-0.15, -0.1) is 0 Å². The number of anilines is 6. The Bertz CT molecular complexity index is 6140. The smallest absolute Gasteiger partial charge is 0.318 e. The van der Waals surface area contributed by atoms with E-state index in [0.717, 1.165) is 190 Å². The Morgan fingerprint density at radius 2 is 0.875 bits per heavy atom. The van der Waals surface area contributed by atoms with Gasteiger partial charge >= 0.3 is 18.0 Å². The maximum atomic E-state index is 13.9. The molecular weight excluding hydrogens is 1790 g/mol. The average molecular weight is 1910 g/mol. The van der Waals surface area contributed by atoms with Gasteiger partial charge in [0.25, 0.3) is 11.8 Å². The maximum absolute atomic E-state index is 13.9. The van der Waals surface area contributed by atoms with Gasteiger partial charge in [-0.2, -0.15) is 29.9 Å². The first-order valence-corrected chi connectivity index (χ1v) is 48.7. The second-order valence-corrected chi connectivity index (χ2v) is 38.7. The van der Waals surface area contributed by atoms with Gasteiger partial charge in [0.1, 0.15) is 62.1 Å². The van der Waals surface area contributed by atoms with Gasteiger partial charge in [0.15, 0.2) is 11.7 Å². The number of nitrogens with zero attached hydrogens (tertiary/aromatic N) is 21. The van der Waals surface area contributed by atoms with Gasteiger partial charge in [-0.25, -0.2) is 32.9 Å². The number of carbonyl (C=O) groups excluding carboxylic acids is 3. The Labute approximate surface area is 808 Å². The van der Waals surface area contributed by atoms with Crippen molar-refractivity contribution in [2.45, 2.75) is 158 Å². The highest BCUT2D eigenvalue weighted by Crippen LogP contribution is 2.44. The molecule has 3 amide bonds. The van der Waals surface area contributed by atoms with Crippen LogP contribution in [0.15, 0.2) is 146 Å². The number of alkyl halides is 1. The van der Waals surface area contributed by atoms with Crippen molar-refractivity contribution in [1.82, 2.24) is 59.3 Å². The van der Waals surface area contributed by atoms with E-state index in [1.165, 1.54) is 47.6 Å². The Morgan fingerprint density at radius 3 is 1.25 bits per heavy atom. The highest BCUT2D eigenvalue weighted by Gasteiger charge is 2.45. The van der Waals surface area contributed by atoms with E-state index in [9.17, 15) is 27.6 Å². The molecule has 1 saturated carbocycles. The highest BCUT2D eigenvalue weighted by molar-refractivity contribution is 6.37. The number of amides is 3. The van der Waals surface area contributed by atoms with E-state index >= 15 is 0 Å². The van der Waals surface area contributed by atoms with Crippen LogP contribution in [0.4, 0.5) is 47.7 Å². The molecule has 712 valence electrons. The number of likely N-dealkylation sites (N-methyl/N-ethyl adjacent to an activating group) is 2. The molecule has 1 aliphatic carbocycles. The quantitative estimate of drug-likeness (QED) is 0.0407. The molecule has 9 aromatic rings. The monoisotopic (exact) mass is 1910 g/mol. The summed E-state index contributed by atoms with van der Waals surface area (Å²) in [6, 6.07) is 37.3. The molecule has 0 N–H and O–H groups in total. The van der Waals surface area contributed by atoms with Crippen molar-refractivity contribution in [3.8, 4) is 18.0 Å². The van der Waals surface area contributed by atoms with Crippen LogP contribution in [-0.2, 0) is 53.3 Å². The molecular formula is C103H117Cl3F3N21O6. The molecule has 6 saturated heterocycles. The van der Waals surface area contributed by atoms with Gasteiger partial charge in [0.05, 0.1) is 62.9 Å². The van der Waals surface area contributed by atoms with Crippen LogP contribution < -0.4 is 43.6 Å². The summed E-state index contributed by atoms with van der Waals surface area (Å²) >= 11 is 20.1. The number of piperazine rings is 3. The summed E-state index contributed by atoms with van der Waals surface area (Å²) in [5, 5.41) is 8.47. The lowest BCUT2D eigenvalue weighted by Gasteiger charge is -2.44. The molecule has 6 atom stereocenters. The fourth-order valence-corrected chi connectivity index (χ4v) is 22.6. The second-order valence-electron chi connectivity index (χ2n) is 37.5. The van der Waals surface area contributed by atoms with Crippen molar-refractivity contribution in [3.63, 3.8) is 0 Å². The predicted molar refractivity (Wildman–Crippen MR) is 529 cm³/mol. The minimum Gasteiger partial charge on any atom is -0.462 e. The van der Waals surface area contributed by atoms with Crippen LogP contribution in [0.3, 0.4) is 0 Å². The Morgan fingerprint density at radius 1 is 0.478 bits per heavy atom. The molecule has 0 spiro atoms. The predicted octanol–water partition coefficient (Wildman–Crippen LogP) is 16.4. The molecule has 0 radical (unpaired) electrons. The number of aromatic nitrogens is 6. The Kier molecular flexibility index (Phi) is 29.9. The van der Waals surface area contributed by atoms with Crippen LogP contribution in [0.1, 0.15) is 112 Å². The molecule has 0 bridgehead atoms. The molecule has 3 aromatic heterocycles. The van der Waals surface area contributed by atoms with Gasteiger partial charge in [0.2, 0.25) is 25.5 Å². The normalized spacial score (nSPS) is 22.0. The van der Waals surface area contributed by atoms with Crippen molar-refractivity contribution in [1.29, 1.82) is 0 Å². The standard InChI is InChI=1S/C35H39ClFN7O2.C35H41ClFN7O2.C33H37ClFN7O2/c1-23(37)34(45)44-18-17-42(20-27(44)19-38-2)33-28-14-15-41(31-12-6-8-24-7-5-11-29(36)32(24)31)21-30(28)39-35(40-33)46-22-26-13-16-43(26)25-9-3-4-10-25;1-4-35(15-8-17-41(35)3)24-46-34-39-29-23-42(30-12-6-10-25-9-5-11-28(36)32(25)30)18-14-27(29)33(40-34)43-19-20-44(26(22-43)21-38-2)31(45)13-7-16-37;1-22(35)31(43)42-17-16-41(19-24(42)18-36-3)30-25-12-15-40(28-11-6-9-23-8-5-10-26(34)29(23)28)20-27(25)37-32(38-30)44-21-33(2)13-7-14-39(33)4/h5-8,11-12,25-27H,1,3-4,9-10,13-22H2;5-7,9-13,26H,4,8,14-24H2,1,3H3;5-6,8-11,24H,1,7,12-21H2,2,4H3/b;13-7+;/t26?,27-;26-,35?;24-,33?/m000/s1. The largest absolute Gasteiger partial charge is 0.462 e. The molecule has 10 aliphatic rings. The molecule has 7 fully saturated rings. The van der Waals surface area contributed by atoms with E-state index in [1.807, 2.05) is 42.5 Å². The zero-order chi connectivity index (χ0) is 95.1. The Hall–Kier alpha value is -11.8. The summed E-state index contributed by atoms with van der Waals surface area (Å²) in [6.45, 7) is 45.1. The number of allylic oxidation sites excluding steroid dienone is 1. The lowest BCUT2D eigenvalue weighted by atomic mass is 9.94. The first-order chi connectivity index (χ1) is 66.0. The zero-order valence-electron chi connectivity index (χ0n) is 77.8. The number of halogens is 6. The average Bonchev–Trinajstić information content (AvgIpc) is 0.822. The summed E-state index contributed by atoms with van der Waals surface area (Å²) in [4.78, 5) is 104. The fraction of sp³-hybridized carbons (Fsp3) is 0.476. The third-order valence-corrected chi connectivity index (χ3v) is 30.5. The van der Waals surface area contributed by atoms with E-state index in [0.29, 0.717) is 138 Å². The van der Waals surface area contributed by atoms with Gasteiger partial charge in [-0.05, 0) is 163 Å². The molecule has 19 rings (SSSR count). The summed E-state index contributed by atoms with van der Waals surface area (Å²) in [5.41, 5.74) is 8.85. The number of ether oxygens (including phenoxy) is 3. The minimum atomic E-state index is -1.01. The van der Waals surface area contributed by atoms with Gasteiger partial charge in [-0.1, -0.05) is 141 Å². The van der Waals surface area contributed by atoms with Crippen molar-refractivity contribution >= 4 is 119 Å². The van der Waals surface area contributed by atoms with E-state index in [4.69, 9.17) is 98.6 Å². The molecule has 136 heavy (non-hydrogen) atoms. The number of benzene rings is 6. The summed E-state index contributed by atoms with van der Waals surface area (Å²) < 4.78 is 59.7. The molecule has 9 aliphatic heterocycles.